The number of nitrogens with zero attached hydrogens (tertiary/aromatic N) is 1. The predicted molar refractivity (Wildman–Crippen MR) is 97.5 cm³/mol. The second-order valence-corrected chi connectivity index (χ2v) is 6.67. The number of hydrogen-bond acceptors (Lipinski definition) is 3. The molecule has 1 aliphatic rings. The molecule has 1 amide bonds. The maximum atomic E-state index is 12.3. The number of cyclic esters (lactones) is 1. The highest BCUT2D eigenvalue weighted by atomic mass is 16.6. The lowest BCUT2D eigenvalue weighted by molar-refractivity contribution is -0.143. The summed E-state index contributed by atoms with van der Waals surface area (Å²) in [6, 6.07) is 0. The molecule has 1 saturated heterocycles. The van der Waals surface area contributed by atoms with Gasteiger partial charge in [0.05, 0.1) is 0 Å². The molecule has 1 aliphatic heterocycles. The maximum Gasteiger partial charge on any atom is 0.327 e. The summed E-state index contributed by atoms with van der Waals surface area (Å²) < 4.78 is 5.32. The first-order valence-electron chi connectivity index (χ1n) is 9.83. The molecule has 1 atom stereocenters. The van der Waals surface area contributed by atoms with Crippen LogP contribution in [0.4, 0.5) is 0 Å². The average Bonchev–Trinajstić information content (AvgIpc) is 2.94. The van der Waals surface area contributed by atoms with Crippen LogP contribution in [0.1, 0.15) is 90.9 Å². The largest absolute Gasteiger partial charge is 0.440 e. The second kappa shape index (κ2) is 13.0. The number of amides is 1. The summed E-state index contributed by atoms with van der Waals surface area (Å²) in [4.78, 5) is 25.5. The second-order valence-electron chi connectivity index (χ2n) is 6.67. The summed E-state index contributed by atoms with van der Waals surface area (Å²) in [5.74, 6) is -0.208. The summed E-state index contributed by atoms with van der Waals surface area (Å²) in [5.41, 5.74) is 0. The Labute approximate surface area is 147 Å². The summed E-state index contributed by atoms with van der Waals surface area (Å²) >= 11 is 0. The minimum absolute atomic E-state index is 0.0641. The molecule has 138 valence electrons. The number of ether oxygens (including phenoxy) is 1. The fraction of sp³-hybridized carbons (Fsp3) is 0.800. The van der Waals surface area contributed by atoms with Gasteiger partial charge >= 0.3 is 5.97 Å². The van der Waals surface area contributed by atoms with E-state index in [0.717, 1.165) is 25.7 Å². The standard InChI is InChI=1S/C20H35NO3/c1-3-5-7-9-10-12-14-16-19-21(17-20(23)24-19)18(22)15-13-11-8-6-4-2/h10,12,19H,3-9,11,13-17H2,1-2H3/b12-10-. The highest BCUT2D eigenvalue weighted by Crippen LogP contribution is 2.19. The molecule has 0 spiro atoms. The molecule has 0 aromatic rings. The normalized spacial score (nSPS) is 17.7. The van der Waals surface area contributed by atoms with E-state index in [0.29, 0.717) is 12.8 Å². The van der Waals surface area contributed by atoms with E-state index in [9.17, 15) is 9.59 Å². The van der Waals surface area contributed by atoms with Crippen molar-refractivity contribution >= 4 is 11.9 Å². The van der Waals surface area contributed by atoms with Crippen molar-refractivity contribution in [3.8, 4) is 0 Å². The van der Waals surface area contributed by atoms with Gasteiger partial charge < -0.3 is 4.74 Å². The zero-order valence-electron chi connectivity index (χ0n) is 15.6. The van der Waals surface area contributed by atoms with Crippen LogP contribution in [0.3, 0.4) is 0 Å². The quantitative estimate of drug-likeness (QED) is 0.271. The molecular weight excluding hydrogens is 302 g/mol. The lowest BCUT2D eigenvalue weighted by Gasteiger charge is -2.21. The highest BCUT2D eigenvalue weighted by Gasteiger charge is 2.34. The Morgan fingerprint density at radius 3 is 2.46 bits per heavy atom. The van der Waals surface area contributed by atoms with Gasteiger partial charge in [0.25, 0.3) is 0 Å². The number of esters is 1. The molecular formula is C20H35NO3. The third-order valence-electron chi connectivity index (χ3n) is 4.45. The molecule has 1 unspecified atom stereocenters. The van der Waals surface area contributed by atoms with Crippen LogP contribution in [-0.4, -0.2) is 29.5 Å². The molecule has 0 aromatic heterocycles. The fourth-order valence-corrected chi connectivity index (χ4v) is 2.97. The summed E-state index contributed by atoms with van der Waals surface area (Å²) in [6.45, 7) is 4.51. The van der Waals surface area contributed by atoms with Crippen LogP contribution < -0.4 is 0 Å². The van der Waals surface area contributed by atoms with E-state index in [1.54, 1.807) is 4.90 Å². The lowest BCUT2D eigenvalue weighted by Crippen LogP contribution is -2.36. The van der Waals surface area contributed by atoms with Crippen molar-refractivity contribution in [1.29, 1.82) is 0 Å². The smallest absolute Gasteiger partial charge is 0.327 e. The van der Waals surface area contributed by atoms with E-state index in [-0.39, 0.29) is 24.6 Å². The van der Waals surface area contributed by atoms with Crippen LogP contribution in [0.25, 0.3) is 0 Å². The first kappa shape index (κ1) is 20.7. The Morgan fingerprint density at radius 2 is 1.71 bits per heavy atom. The van der Waals surface area contributed by atoms with E-state index in [1.807, 2.05) is 0 Å². The molecule has 1 fully saturated rings. The molecule has 24 heavy (non-hydrogen) atoms. The average molecular weight is 338 g/mol. The van der Waals surface area contributed by atoms with Gasteiger partial charge in [-0.25, -0.2) is 0 Å². The van der Waals surface area contributed by atoms with Gasteiger partial charge in [-0.05, 0) is 25.7 Å². The lowest BCUT2D eigenvalue weighted by atomic mass is 10.1. The molecule has 1 heterocycles. The first-order chi connectivity index (χ1) is 11.7. The number of carbonyl (C=O) groups is 2. The van der Waals surface area contributed by atoms with Crippen molar-refractivity contribution in [2.45, 2.75) is 97.1 Å². The van der Waals surface area contributed by atoms with Crippen molar-refractivity contribution in [1.82, 2.24) is 4.90 Å². The Balaban J connectivity index is 2.26. The number of carbonyl (C=O) groups excluding carboxylic acids is 2. The minimum atomic E-state index is -0.360. The van der Waals surface area contributed by atoms with Gasteiger partial charge in [-0.3, -0.25) is 14.5 Å². The van der Waals surface area contributed by atoms with Crippen molar-refractivity contribution in [3.05, 3.63) is 12.2 Å². The molecule has 0 N–H and O–H groups in total. The Hall–Kier alpha value is -1.32. The van der Waals surface area contributed by atoms with Gasteiger partial charge in [0.15, 0.2) is 6.23 Å². The van der Waals surface area contributed by atoms with Gasteiger partial charge in [-0.15, -0.1) is 0 Å². The Morgan fingerprint density at radius 1 is 1.04 bits per heavy atom. The molecule has 0 saturated carbocycles. The molecule has 4 nitrogen and oxygen atoms in total. The molecule has 0 bridgehead atoms. The first-order valence-corrected chi connectivity index (χ1v) is 9.83. The molecule has 4 heteroatoms. The molecule has 0 aliphatic carbocycles. The fourth-order valence-electron chi connectivity index (χ4n) is 2.97. The van der Waals surface area contributed by atoms with Gasteiger partial charge in [-0.2, -0.15) is 0 Å². The summed E-state index contributed by atoms with van der Waals surface area (Å²) in [5, 5.41) is 0. The SMILES string of the molecule is CCCCC/C=C\CCC1OC(=O)CN1C(=O)CCCCCCC. The van der Waals surface area contributed by atoms with Crippen molar-refractivity contribution in [2.24, 2.45) is 0 Å². The third-order valence-corrected chi connectivity index (χ3v) is 4.45. The minimum Gasteiger partial charge on any atom is -0.440 e. The van der Waals surface area contributed by atoms with Crippen LogP contribution >= 0.6 is 0 Å². The maximum absolute atomic E-state index is 12.3. The van der Waals surface area contributed by atoms with Crippen LogP contribution in [0.15, 0.2) is 12.2 Å². The van der Waals surface area contributed by atoms with Crippen molar-refractivity contribution in [2.75, 3.05) is 6.54 Å². The van der Waals surface area contributed by atoms with E-state index in [2.05, 4.69) is 26.0 Å². The van der Waals surface area contributed by atoms with E-state index >= 15 is 0 Å². The summed E-state index contributed by atoms with van der Waals surface area (Å²) in [7, 11) is 0. The van der Waals surface area contributed by atoms with Gasteiger partial charge in [0.2, 0.25) is 5.91 Å². The third kappa shape index (κ3) is 8.51. The predicted octanol–water partition coefficient (Wildman–Crippen LogP) is 4.98. The Kier molecular flexibility index (Phi) is 11.2. The number of hydrogen-bond donors (Lipinski definition) is 0. The highest BCUT2D eigenvalue weighted by molar-refractivity contribution is 5.84. The van der Waals surface area contributed by atoms with Crippen LogP contribution in [-0.2, 0) is 14.3 Å². The van der Waals surface area contributed by atoms with Crippen molar-refractivity contribution < 1.29 is 14.3 Å². The number of allylic oxidation sites excluding steroid dienone is 2. The van der Waals surface area contributed by atoms with Crippen molar-refractivity contribution in [3.63, 3.8) is 0 Å². The summed E-state index contributed by atoms with van der Waals surface area (Å²) in [6.07, 6.45) is 16.5. The number of rotatable bonds is 13. The van der Waals surface area contributed by atoms with Gasteiger partial charge in [0, 0.05) is 12.8 Å². The van der Waals surface area contributed by atoms with E-state index in [4.69, 9.17) is 4.74 Å². The zero-order chi connectivity index (χ0) is 17.6. The monoisotopic (exact) mass is 337 g/mol. The van der Waals surface area contributed by atoms with E-state index < -0.39 is 0 Å². The topological polar surface area (TPSA) is 46.6 Å². The van der Waals surface area contributed by atoms with Gasteiger partial charge in [-0.1, -0.05) is 64.5 Å². The Bertz CT molecular complexity index is 392. The van der Waals surface area contributed by atoms with Crippen LogP contribution in [0, 0.1) is 0 Å². The zero-order valence-corrected chi connectivity index (χ0v) is 15.6. The van der Waals surface area contributed by atoms with E-state index in [1.165, 1.54) is 38.5 Å². The molecule has 0 aromatic carbocycles. The molecule has 0 radical (unpaired) electrons. The van der Waals surface area contributed by atoms with Crippen LogP contribution in [0.2, 0.25) is 0 Å². The molecule has 1 rings (SSSR count). The van der Waals surface area contributed by atoms with Crippen LogP contribution in [0.5, 0.6) is 0 Å². The van der Waals surface area contributed by atoms with Gasteiger partial charge in [0.1, 0.15) is 6.54 Å². The number of unbranched alkanes of at least 4 members (excludes halogenated alkanes) is 7.